The Labute approximate surface area is 172 Å². The Morgan fingerprint density at radius 1 is 1.00 bits per heavy atom. The smallest absolute Gasteiger partial charge is 0.247 e. The first-order valence-corrected chi connectivity index (χ1v) is 11.3. The molecule has 0 aliphatic heterocycles. The van der Waals surface area contributed by atoms with Crippen molar-refractivity contribution in [3.63, 3.8) is 0 Å². The van der Waals surface area contributed by atoms with Gasteiger partial charge >= 0.3 is 6.18 Å². The van der Waals surface area contributed by atoms with Gasteiger partial charge in [-0.1, -0.05) is 43.5 Å². The molecule has 2 fully saturated rings. The van der Waals surface area contributed by atoms with Crippen molar-refractivity contribution in [3.8, 4) is 0 Å². The van der Waals surface area contributed by atoms with Crippen molar-refractivity contribution >= 4 is 0 Å². The van der Waals surface area contributed by atoms with E-state index in [-0.39, 0.29) is 11.8 Å². The number of alkyl halides is 4. The molecule has 0 heterocycles. The number of halogens is 4. The fourth-order valence-electron chi connectivity index (χ4n) is 5.36. The lowest BCUT2D eigenvalue weighted by atomic mass is 9.74. The summed E-state index contributed by atoms with van der Waals surface area (Å²) in [6.45, 7) is 4.42. The van der Waals surface area contributed by atoms with Gasteiger partial charge in [0.15, 0.2) is 0 Å². The maximum absolute atomic E-state index is 14.9. The molecule has 29 heavy (non-hydrogen) atoms. The molecule has 0 bridgehead atoms. The quantitative estimate of drug-likeness (QED) is 0.337. The second-order valence-electron chi connectivity index (χ2n) is 9.23. The molecule has 2 saturated carbocycles. The first kappa shape index (κ1) is 22.4. The van der Waals surface area contributed by atoms with Gasteiger partial charge in [0.1, 0.15) is 6.17 Å². The Balaban J connectivity index is 1.55. The van der Waals surface area contributed by atoms with E-state index in [1.165, 1.54) is 56.2 Å². The topological polar surface area (TPSA) is 0 Å². The maximum atomic E-state index is 14.9. The molecule has 2 aliphatic carbocycles. The molecule has 3 atom stereocenters. The van der Waals surface area contributed by atoms with Gasteiger partial charge < -0.3 is 0 Å². The van der Waals surface area contributed by atoms with Crippen molar-refractivity contribution < 1.29 is 17.6 Å². The van der Waals surface area contributed by atoms with E-state index in [1.54, 1.807) is 0 Å². The van der Waals surface area contributed by atoms with Crippen LogP contribution in [0.15, 0.2) is 35.9 Å². The monoisotopic (exact) mass is 410 g/mol. The first-order chi connectivity index (χ1) is 13.8. The number of hydrogen-bond acceptors (Lipinski definition) is 0. The van der Waals surface area contributed by atoms with E-state index in [1.807, 2.05) is 0 Å². The van der Waals surface area contributed by atoms with Crippen molar-refractivity contribution in [2.24, 2.45) is 17.8 Å². The van der Waals surface area contributed by atoms with Crippen molar-refractivity contribution in [2.45, 2.75) is 89.9 Å². The Morgan fingerprint density at radius 3 is 2.21 bits per heavy atom. The zero-order valence-electron chi connectivity index (χ0n) is 17.6. The van der Waals surface area contributed by atoms with E-state index in [9.17, 15) is 17.6 Å². The standard InChI is InChI=1S/C25H34F4/c1-3-4-18-5-7-19(8-6-18)17(2)15-22-10-9-21(16-24(22)26)20-11-13-23(14-12-20)25(27,28)29/h11-15,18-19,21-22,24H,3-10,16H2,1-2H3/b17-15+. The van der Waals surface area contributed by atoms with Gasteiger partial charge in [-0.3, -0.25) is 0 Å². The zero-order chi connectivity index (χ0) is 21.0. The van der Waals surface area contributed by atoms with Gasteiger partial charge in [-0.25, -0.2) is 4.39 Å². The summed E-state index contributed by atoms with van der Waals surface area (Å²) < 4.78 is 53.1. The minimum Gasteiger partial charge on any atom is -0.247 e. The van der Waals surface area contributed by atoms with E-state index in [2.05, 4.69) is 19.9 Å². The van der Waals surface area contributed by atoms with Crippen molar-refractivity contribution in [1.29, 1.82) is 0 Å². The van der Waals surface area contributed by atoms with Crippen LogP contribution in [0.25, 0.3) is 0 Å². The van der Waals surface area contributed by atoms with Crippen LogP contribution in [0.1, 0.15) is 88.7 Å². The van der Waals surface area contributed by atoms with E-state index >= 15 is 0 Å². The molecule has 4 heteroatoms. The van der Waals surface area contributed by atoms with Crippen LogP contribution in [0.3, 0.4) is 0 Å². The van der Waals surface area contributed by atoms with Gasteiger partial charge in [0.05, 0.1) is 5.56 Å². The summed E-state index contributed by atoms with van der Waals surface area (Å²) in [7, 11) is 0. The highest BCUT2D eigenvalue weighted by Gasteiger charge is 2.33. The fourth-order valence-corrected chi connectivity index (χ4v) is 5.36. The van der Waals surface area contributed by atoms with Gasteiger partial charge in [-0.05, 0) is 87.3 Å². The largest absolute Gasteiger partial charge is 0.416 e. The van der Waals surface area contributed by atoms with E-state index in [0.29, 0.717) is 12.3 Å². The van der Waals surface area contributed by atoms with Crippen molar-refractivity contribution in [3.05, 3.63) is 47.0 Å². The summed E-state index contributed by atoms with van der Waals surface area (Å²) in [5.41, 5.74) is 1.54. The van der Waals surface area contributed by atoms with Gasteiger partial charge in [0.25, 0.3) is 0 Å². The molecule has 162 valence electrons. The molecule has 0 nitrogen and oxygen atoms in total. The van der Waals surface area contributed by atoms with Crippen LogP contribution >= 0.6 is 0 Å². The predicted octanol–water partition coefficient (Wildman–Crippen LogP) is 8.48. The Morgan fingerprint density at radius 2 is 1.66 bits per heavy atom. The van der Waals surface area contributed by atoms with Crippen LogP contribution in [-0.2, 0) is 6.18 Å². The van der Waals surface area contributed by atoms with Crippen LogP contribution in [0, 0.1) is 17.8 Å². The lowest BCUT2D eigenvalue weighted by Gasteiger charge is -2.33. The third-order valence-electron chi connectivity index (χ3n) is 7.20. The second-order valence-corrected chi connectivity index (χ2v) is 9.23. The first-order valence-electron chi connectivity index (χ1n) is 11.3. The average molecular weight is 411 g/mol. The molecule has 0 spiro atoms. The molecular weight excluding hydrogens is 376 g/mol. The third-order valence-corrected chi connectivity index (χ3v) is 7.20. The van der Waals surface area contributed by atoms with E-state index in [0.717, 1.165) is 36.5 Å². The summed E-state index contributed by atoms with van der Waals surface area (Å²) >= 11 is 0. The molecule has 2 aliphatic rings. The summed E-state index contributed by atoms with van der Waals surface area (Å²) in [5, 5.41) is 0. The van der Waals surface area contributed by atoms with Crippen LogP contribution in [0.5, 0.6) is 0 Å². The molecule has 0 aromatic heterocycles. The van der Waals surface area contributed by atoms with Crippen LogP contribution in [-0.4, -0.2) is 6.17 Å². The van der Waals surface area contributed by atoms with E-state index in [4.69, 9.17) is 0 Å². The average Bonchev–Trinajstić information content (AvgIpc) is 2.70. The Bertz CT molecular complexity index is 665. The summed E-state index contributed by atoms with van der Waals surface area (Å²) in [6, 6.07) is 5.29. The summed E-state index contributed by atoms with van der Waals surface area (Å²) in [5.74, 6) is 1.44. The van der Waals surface area contributed by atoms with Crippen molar-refractivity contribution in [2.75, 3.05) is 0 Å². The van der Waals surface area contributed by atoms with Gasteiger partial charge in [-0.2, -0.15) is 13.2 Å². The van der Waals surface area contributed by atoms with Gasteiger partial charge in [0.2, 0.25) is 0 Å². The molecule has 3 rings (SSSR count). The van der Waals surface area contributed by atoms with Gasteiger partial charge in [-0.15, -0.1) is 0 Å². The second kappa shape index (κ2) is 9.66. The van der Waals surface area contributed by atoms with E-state index < -0.39 is 17.9 Å². The molecular formula is C25H34F4. The SMILES string of the molecule is CCCC1CCC(/C(C)=C/C2CCC(c3ccc(C(F)(F)F)cc3)CC2F)CC1. The van der Waals surface area contributed by atoms with Gasteiger partial charge in [0, 0.05) is 5.92 Å². The molecule has 1 aromatic carbocycles. The lowest BCUT2D eigenvalue weighted by molar-refractivity contribution is -0.137. The molecule has 0 saturated heterocycles. The minimum atomic E-state index is -4.32. The lowest BCUT2D eigenvalue weighted by Crippen LogP contribution is -2.25. The molecule has 3 unspecified atom stereocenters. The summed E-state index contributed by atoms with van der Waals surface area (Å²) in [4.78, 5) is 0. The minimum absolute atomic E-state index is 0.0155. The molecule has 1 aromatic rings. The van der Waals surface area contributed by atoms with Crippen molar-refractivity contribution in [1.82, 2.24) is 0 Å². The molecule has 0 amide bonds. The Hall–Kier alpha value is -1.32. The highest BCUT2D eigenvalue weighted by atomic mass is 19.4. The third kappa shape index (κ3) is 5.86. The number of allylic oxidation sites excluding steroid dienone is 2. The highest BCUT2D eigenvalue weighted by molar-refractivity contribution is 5.28. The highest BCUT2D eigenvalue weighted by Crippen LogP contribution is 2.41. The zero-order valence-corrected chi connectivity index (χ0v) is 17.6. The predicted molar refractivity (Wildman–Crippen MR) is 111 cm³/mol. The maximum Gasteiger partial charge on any atom is 0.416 e. The van der Waals surface area contributed by atoms with Crippen LogP contribution < -0.4 is 0 Å². The fraction of sp³-hybridized carbons (Fsp3) is 0.680. The number of rotatable bonds is 5. The number of benzene rings is 1. The molecule has 0 radical (unpaired) electrons. The number of hydrogen-bond donors (Lipinski definition) is 0. The molecule has 0 N–H and O–H groups in total. The van der Waals surface area contributed by atoms with Crippen LogP contribution in [0.2, 0.25) is 0 Å². The normalized spacial score (nSPS) is 31.7. The summed E-state index contributed by atoms with van der Waals surface area (Å²) in [6.07, 6.45) is 6.59. The van der Waals surface area contributed by atoms with Crippen LogP contribution in [0.4, 0.5) is 17.6 Å². The Kier molecular flexibility index (Phi) is 7.45.